The third kappa shape index (κ3) is 14.4. The molecule has 2 aliphatic heterocycles. The van der Waals surface area contributed by atoms with Crippen molar-refractivity contribution in [3.63, 3.8) is 0 Å². The third-order valence-electron chi connectivity index (χ3n) is 15.8. The number of rotatable bonds is 33. The zero-order chi connectivity index (χ0) is 59.4. The van der Waals surface area contributed by atoms with E-state index in [1.807, 2.05) is 72.8 Å². The van der Waals surface area contributed by atoms with E-state index in [1.165, 1.54) is 0 Å². The van der Waals surface area contributed by atoms with Crippen molar-refractivity contribution in [2.24, 2.45) is 0 Å². The number of anilines is 4. The molecule has 10 rings (SSSR count). The molecular weight excluding hydrogens is 1080 g/mol. The van der Waals surface area contributed by atoms with Gasteiger partial charge in [0.25, 0.3) is 0 Å². The second-order valence-electron chi connectivity index (χ2n) is 21.0. The number of hydrogen-bond acceptors (Lipinski definition) is 14. The fourth-order valence-corrected chi connectivity index (χ4v) is 11.5. The molecule has 0 aliphatic carbocycles. The first-order chi connectivity index (χ1) is 42.3. The van der Waals surface area contributed by atoms with Crippen molar-refractivity contribution >= 4 is 28.7 Å². The lowest BCUT2D eigenvalue weighted by atomic mass is 9.76. The number of aryl methyl sites for hydroxylation is 2. The van der Waals surface area contributed by atoms with Crippen molar-refractivity contribution in [3.8, 4) is 23.0 Å². The standard InChI is InChI=1S/C72H78N2O12/c1-73-66-19-9-5-15-62(66)71(76-3,63-16-6-10-20-67(63)73)56-28-36-60(37-29-56)84-52-48-80-44-42-78-46-50-82-58-32-23-54(24-33-58)14-13-41-86-70(75)40-27-55-25-34-59(35-26-55)83-51-47-79-43-45-81-49-53-85-61-38-30-57(31-39-61)72(77-4)64-17-7-11-21-68(64)74(2)69-22-12-8-18-65(69)72/h5-12,15-26,28-39H,13-14,27,40-53H2,1-4H3. The monoisotopic (exact) mass is 1160 g/mol. The van der Waals surface area contributed by atoms with Gasteiger partial charge >= 0.3 is 5.97 Å². The highest BCUT2D eigenvalue weighted by Gasteiger charge is 2.46. The first-order valence-electron chi connectivity index (χ1n) is 29.6. The number of para-hydroxylation sites is 4. The largest absolute Gasteiger partial charge is 0.491 e. The van der Waals surface area contributed by atoms with Crippen molar-refractivity contribution in [3.05, 3.63) is 239 Å². The fraction of sp³-hybridized carbons (Fsp3) is 0.319. The zero-order valence-electron chi connectivity index (χ0n) is 49.8. The molecule has 0 fully saturated rings. The second kappa shape index (κ2) is 30.2. The van der Waals surface area contributed by atoms with Crippen LogP contribution in [0.15, 0.2) is 194 Å². The molecule has 0 aromatic heterocycles. The summed E-state index contributed by atoms with van der Waals surface area (Å²) in [6, 6.07) is 65.6. The molecule has 86 heavy (non-hydrogen) atoms. The van der Waals surface area contributed by atoms with Crippen LogP contribution in [0.3, 0.4) is 0 Å². The summed E-state index contributed by atoms with van der Waals surface area (Å²) in [5.41, 5.74) is 11.6. The van der Waals surface area contributed by atoms with Crippen LogP contribution >= 0.6 is 0 Å². The Morgan fingerprint density at radius 3 is 0.965 bits per heavy atom. The fourth-order valence-electron chi connectivity index (χ4n) is 11.5. The zero-order valence-corrected chi connectivity index (χ0v) is 49.8. The second-order valence-corrected chi connectivity index (χ2v) is 21.0. The van der Waals surface area contributed by atoms with Crippen LogP contribution in [-0.4, -0.2) is 120 Å². The van der Waals surface area contributed by atoms with Crippen LogP contribution in [0.5, 0.6) is 23.0 Å². The average Bonchev–Trinajstić information content (AvgIpc) is 0.968. The average molecular weight is 1160 g/mol. The van der Waals surface area contributed by atoms with Crippen LogP contribution in [0.2, 0.25) is 0 Å². The molecule has 0 saturated carbocycles. The van der Waals surface area contributed by atoms with Crippen LogP contribution in [0.25, 0.3) is 0 Å². The molecule has 0 N–H and O–H groups in total. The Morgan fingerprint density at radius 2 is 0.640 bits per heavy atom. The van der Waals surface area contributed by atoms with E-state index in [0.29, 0.717) is 98.7 Å². The first-order valence-corrected chi connectivity index (χ1v) is 29.6. The van der Waals surface area contributed by atoms with Crippen LogP contribution in [0.1, 0.15) is 57.3 Å². The summed E-state index contributed by atoms with van der Waals surface area (Å²) in [6.07, 6.45) is 2.43. The number of hydrogen-bond donors (Lipinski definition) is 0. The lowest BCUT2D eigenvalue weighted by Crippen LogP contribution is -2.38. The van der Waals surface area contributed by atoms with Gasteiger partial charge in [-0.15, -0.1) is 0 Å². The summed E-state index contributed by atoms with van der Waals surface area (Å²) >= 11 is 0. The van der Waals surface area contributed by atoms with E-state index in [4.69, 9.17) is 52.1 Å². The molecule has 0 radical (unpaired) electrons. The highest BCUT2D eigenvalue weighted by atomic mass is 16.6. The summed E-state index contributed by atoms with van der Waals surface area (Å²) in [5, 5.41) is 0. The number of methoxy groups -OCH3 is 2. The normalized spacial score (nSPS) is 13.4. The Balaban J connectivity index is 0.514. The number of benzene rings is 8. The molecule has 448 valence electrons. The maximum Gasteiger partial charge on any atom is 0.306 e. The minimum absolute atomic E-state index is 0.209. The Morgan fingerprint density at radius 1 is 0.349 bits per heavy atom. The molecule has 0 bridgehead atoms. The molecule has 2 heterocycles. The molecular formula is C72H78N2O12. The molecule has 0 atom stereocenters. The number of nitrogens with zero attached hydrogens (tertiary/aromatic N) is 2. The van der Waals surface area contributed by atoms with Crippen LogP contribution in [-0.2, 0) is 62.0 Å². The number of esters is 1. The summed E-state index contributed by atoms with van der Waals surface area (Å²) in [7, 11) is 7.74. The van der Waals surface area contributed by atoms with Gasteiger partial charge in [0.1, 0.15) is 60.6 Å². The summed E-state index contributed by atoms with van der Waals surface area (Å²) in [6.45, 7) is 5.61. The van der Waals surface area contributed by atoms with Crippen molar-refractivity contribution in [1.82, 2.24) is 0 Å². The van der Waals surface area contributed by atoms with Gasteiger partial charge in [-0.25, -0.2) is 0 Å². The van der Waals surface area contributed by atoms with Crippen molar-refractivity contribution in [2.75, 3.05) is 124 Å². The van der Waals surface area contributed by atoms with Gasteiger partial charge in [-0.1, -0.05) is 121 Å². The number of ether oxygens (including phenoxy) is 11. The summed E-state index contributed by atoms with van der Waals surface area (Å²) in [5.74, 6) is 2.83. The Hall–Kier alpha value is -8.21. The summed E-state index contributed by atoms with van der Waals surface area (Å²) < 4.78 is 65.1. The van der Waals surface area contributed by atoms with E-state index in [0.717, 1.165) is 103 Å². The van der Waals surface area contributed by atoms with Gasteiger partial charge in [-0.2, -0.15) is 0 Å². The molecule has 0 spiro atoms. The van der Waals surface area contributed by atoms with Crippen molar-refractivity contribution < 1.29 is 56.9 Å². The Labute approximate surface area is 506 Å². The lowest BCUT2D eigenvalue weighted by molar-refractivity contribution is -0.143. The minimum atomic E-state index is -0.753. The molecule has 8 aromatic rings. The van der Waals surface area contributed by atoms with Crippen LogP contribution in [0, 0.1) is 0 Å². The number of carbonyl (C=O) groups excluding carboxylic acids is 1. The highest BCUT2D eigenvalue weighted by molar-refractivity contribution is 5.80. The lowest BCUT2D eigenvalue weighted by Gasteiger charge is -2.43. The SMILES string of the molecule is COC1(c2ccc(OCCOCCOCCOc3ccc(CCCOC(=O)CCc4ccc(OCCOCCOCCOc5ccc(C6(OC)c7ccccc7N(C)c7ccccc76)cc5)cc4)cc3)cc2)c2ccccc2N(C)c2ccccc21. The van der Waals surface area contributed by atoms with Gasteiger partial charge in [0.15, 0.2) is 0 Å². The number of fused-ring (bicyclic) bond motifs is 4. The van der Waals surface area contributed by atoms with Gasteiger partial charge < -0.3 is 61.9 Å². The van der Waals surface area contributed by atoms with E-state index >= 15 is 0 Å². The van der Waals surface area contributed by atoms with Gasteiger partial charge in [-0.05, 0) is 114 Å². The van der Waals surface area contributed by atoms with Gasteiger partial charge in [0.05, 0.1) is 59.5 Å². The Bertz CT molecular complexity index is 3300. The topological polar surface area (TPSA) is 125 Å². The predicted octanol–water partition coefficient (Wildman–Crippen LogP) is 12.8. The van der Waals surface area contributed by atoms with Gasteiger partial charge in [-0.3, -0.25) is 4.79 Å². The van der Waals surface area contributed by atoms with E-state index in [2.05, 4.69) is 145 Å². The van der Waals surface area contributed by atoms with Crippen molar-refractivity contribution in [2.45, 2.75) is 36.9 Å². The van der Waals surface area contributed by atoms with E-state index in [9.17, 15) is 4.79 Å². The highest BCUT2D eigenvalue weighted by Crippen LogP contribution is 2.54. The maximum atomic E-state index is 12.5. The molecule has 2 aliphatic rings. The molecule has 14 nitrogen and oxygen atoms in total. The van der Waals surface area contributed by atoms with Crippen molar-refractivity contribution in [1.29, 1.82) is 0 Å². The molecule has 0 saturated heterocycles. The van der Waals surface area contributed by atoms with E-state index < -0.39 is 11.2 Å². The smallest absolute Gasteiger partial charge is 0.306 e. The third-order valence-corrected chi connectivity index (χ3v) is 15.8. The van der Waals surface area contributed by atoms with E-state index in [-0.39, 0.29) is 5.97 Å². The maximum absolute atomic E-state index is 12.5. The van der Waals surface area contributed by atoms with Gasteiger partial charge in [0.2, 0.25) is 0 Å². The molecule has 0 unspecified atom stereocenters. The quantitative estimate of drug-likeness (QED) is 0.0286. The van der Waals surface area contributed by atoms with Crippen LogP contribution in [0.4, 0.5) is 22.7 Å². The Kier molecular flexibility index (Phi) is 21.4. The van der Waals surface area contributed by atoms with E-state index in [1.54, 1.807) is 14.2 Å². The molecule has 14 heteroatoms. The molecule has 8 aromatic carbocycles. The summed E-state index contributed by atoms with van der Waals surface area (Å²) in [4.78, 5) is 16.9. The molecule has 0 amide bonds. The van der Waals surface area contributed by atoms with Crippen LogP contribution < -0.4 is 28.7 Å². The minimum Gasteiger partial charge on any atom is -0.491 e. The first kappa shape index (κ1) is 60.9. The van der Waals surface area contributed by atoms with Gasteiger partial charge in [0, 0.05) is 79.7 Å². The number of carbonyl (C=O) groups is 1. The predicted molar refractivity (Wildman–Crippen MR) is 334 cm³/mol.